The maximum Gasteiger partial charge on any atom is 0.248 e. The van der Waals surface area contributed by atoms with Crippen LogP contribution >= 0.6 is 0 Å². The lowest BCUT2D eigenvalue weighted by Gasteiger charge is -2.08. The Bertz CT molecular complexity index is 938. The zero-order valence-corrected chi connectivity index (χ0v) is 13.3. The highest BCUT2D eigenvalue weighted by atomic mass is 19.1. The number of halogens is 1. The number of benzene rings is 2. The van der Waals surface area contributed by atoms with E-state index in [1.165, 1.54) is 25.1 Å². The maximum atomic E-state index is 13.2. The number of tetrazole rings is 1. The minimum Gasteiger partial charge on any atom is -0.324 e. The van der Waals surface area contributed by atoms with E-state index in [1.807, 2.05) is 0 Å². The molecule has 0 aliphatic carbocycles. The van der Waals surface area contributed by atoms with Crippen LogP contribution < -0.4 is 5.32 Å². The lowest BCUT2D eigenvalue weighted by Crippen LogP contribution is -2.21. The predicted octanol–water partition coefficient (Wildman–Crippen LogP) is 2.32. The number of hydrogen-bond acceptors (Lipinski definition) is 5. The fourth-order valence-electron chi connectivity index (χ4n) is 2.27. The second kappa shape index (κ2) is 7.00. The van der Waals surface area contributed by atoms with E-state index in [1.54, 1.807) is 30.3 Å². The van der Waals surface area contributed by atoms with Crippen LogP contribution in [-0.2, 0) is 11.3 Å². The number of nitrogens with one attached hydrogen (secondary N) is 1. The lowest BCUT2D eigenvalue weighted by molar-refractivity contribution is -0.117. The van der Waals surface area contributed by atoms with Crippen molar-refractivity contribution in [1.29, 1.82) is 0 Å². The Labute approximate surface area is 142 Å². The average Bonchev–Trinajstić information content (AvgIpc) is 3.03. The normalized spacial score (nSPS) is 10.5. The van der Waals surface area contributed by atoms with Gasteiger partial charge in [-0.15, -0.1) is 10.2 Å². The summed E-state index contributed by atoms with van der Waals surface area (Å²) in [5.74, 6) is -0.746. The van der Waals surface area contributed by atoms with Gasteiger partial charge in [0.05, 0.1) is 5.69 Å². The number of rotatable bonds is 5. The van der Waals surface area contributed by atoms with E-state index >= 15 is 0 Å². The van der Waals surface area contributed by atoms with Crippen molar-refractivity contribution in [2.75, 3.05) is 5.32 Å². The summed E-state index contributed by atoms with van der Waals surface area (Å²) in [6.07, 6.45) is 0. The molecule has 0 unspecified atom stereocenters. The summed E-state index contributed by atoms with van der Waals surface area (Å²) in [4.78, 5) is 24.8. The molecule has 1 aromatic heterocycles. The number of ketones is 1. The van der Waals surface area contributed by atoms with Crippen molar-refractivity contribution >= 4 is 17.4 Å². The van der Waals surface area contributed by atoms with Crippen LogP contribution in [-0.4, -0.2) is 31.9 Å². The van der Waals surface area contributed by atoms with E-state index < -0.39 is 11.7 Å². The number of carbonyl (C=O) groups excluding carboxylic acids is 2. The maximum absolute atomic E-state index is 13.2. The average molecular weight is 339 g/mol. The predicted molar refractivity (Wildman–Crippen MR) is 88.3 cm³/mol. The molecule has 1 N–H and O–H groups in total. The summed E-state index contributed by atoms with van der Waals surface area (Å²) in [6, 6.07) is 12.5. The van der Waals surface area contributed by atoms with Gasteiger partial charge in [0.25, 0.3) is 0 Å². The first-order valence-corrected chi connectivity index (χ1v) is 7.46. The summed E-state index contributed by atoms with van der Waals surface area (Å²) in [7, 11) is 0. The largest absolute Gasteiger partial charge is 0.324 e. The van der Waals surface area contributed by atoms with Gasteiger partial charge in [-0.1, -0.05) is 24.3 Å². The molecule has 0 fully saturated rings. The first kappa shape index (κ1) is 16.4. The molecule has 8 heteroatoms. The standard InChI is InChI=1S/C17H14FN5O2/c1-11(24)14-7-2-3-8-15(14)19-16(25)10-23-21-17(20-22-23)12-5-4-6-13(18)9-12/h2-9H,10H2,1H3,(H,19,25). The Kier molecular flexibility index (Phi) is 4.60. The zero-order valence-electron chi connectivity index (χ0n) is 13.3. The molecule has 7 nitrogen and oxygen atoms in total. The molecule has 1 heterocycles. The van der Waals surface area contributed by atoms with Gasteiger partial charge in [-0.25, -0.2) is 4.39 Å². The van der Waals surface area contributed by atoms with Crippen LogP contribution in [0, 0.1) is 5.82 Å². The van der Waals surface area contributed by atoms with E-state index in [0.29, 0.717) is 16.8 Å². The van der Waals surface area contributed by atoms with Gasteiger partial charge in [0.2, 0.25) is 11.7 Å². The van der Waals surface area contributed by atoms with Crippen LogP contribution in [0.25, 0.3) is 11.4 Å². The minimum absolute atomic E-state index is 0.150. The molecule has 126 valence electrons. The molecule has 0 atom stereocenters. The third kappa shape index (κ3) is 3.92. The summed E-state index contributed by atoms with van der Waals surface area (Å²) in [6.45, 7) is 1.24. The Balaban J connectivity index is 1.71. The number of hydrogen-bond donors (Lipinski definition) is 1. The number of carbonyl (C=O) groups is 2. The van der Waals surface area contributed by atoms with Gasteiger partial charge in [0.15, 0.2) is 5.78 Å². The van der Waals surface area contributed by atoms with Crippen LogP contribution in [0.4, 0.5) is 10.1 Å². The molecular formula is C17H14FN5O2. The second-order valence-corrected chi connectivity index (χ2v) is 5.30. The van der Waals surface area contributed by atoms with Gasteiger partial charge in [0, 0.05) is 11.1 Å². The van der Waals surface area contributed by atoms with Crippen LogP contribution in [0.1, 0.15) is 17.3 Å². The number of nitrogens with zero attached hydrogens (tertiary/aromatic N) is 4. The quantitative estimate of drug-likeness (QED) is 0.721. The molecule has 2 aromatic carbocycles. The Morgan fingerprint density at radius 2 is 1.96 bits per heavy atom. The molecule has 0 spiro atoms. The second-order valence-electron chi connectivity index (χ2n) is 5.30. The summed E-state index contributed by atoms with van der Waals surface area (Å²) in [5.41, 5.74) is 1.31. The summed E-state index contributed by atoms with van der Waals surface area (Å²) < 4.78 is 13.2. The molecule has 0 saturated heterocycles. The van der Waals surface area contributed by atoms with Gasteiger partial charge in [-0.05, 0) is 36.4 Å². The summed E-state index contributed by atoms with van der Waals surface area (Å²) >= 11 is 0. The Morgan fingerprint density at radius 3 is 2.72 bits per heavy atom. The van der Waals surface area contributed by atoms with E-state index in [0.717, 1.165) is 4.80 Å². The van der Waals surface area contributed by atoms with Crippen LogP contribution in [0.3, 0.4) is 0 Å². The smallest absolute Gasteiger partial charge is 0.248 e. The molecule has 1 amide bonds. The van der Waals surface area contributed by atoms with Crippen molar-refractivity contribution < 1.29 is 14.0 Å². The number of para-hydroxylation sites is 1. The lowest BCUT2D eigenvalue weighted by atomic mass is 10.1. The van der Waals surface area contributed by atoms with Gasteiger partial charge >= 0.3 is 0 Å². The molecule has 0 bridgehead atoms. The van der Waals surface area contributed by atoms with Gasteiger partial charge in [-0.2, -0.15) is 4.80 Å². The van der Waals surface area contributed by atoms with Crippen LogP contribution in [0.5, 0.6) is 0 Å². The highest BCUT2D eigenvalue weighted by molar-refractivity contribution is 6.03. The van der Waals surface area contributed by atoms with Crippen molar-refractivity contribution in [1.82, 2.24) is 20.2 Å². The highest BCUT2D eigenvalue weighted by Gasteiger charge is 2.12. The van der Waals surface area contributed by atoms with E-state index in [4.69, 9.17) is 0 Å². The highest BCUT2D eigenvalue weighted by Crippen LogP contribution is 2.16. The fraction of sp³-hybridized carbons (Fsp3) is 0.118. The SMILES string of the molecule is CC(=O)c1ccccc1NC(=O)Cn1nnc(-c2cccc(F)c2)n1. The van der Waals surface area contributed by atoms with Gasteiger partial charge < -0.3 is 5.32 Å². The number of aromatic nitrogens is 4. The van der Waals surface area contributed by atoms with Crippen molar-refractivity contribution in [3.63, 3.8) is 0 Å². The Hall–Kier alpha value is -3.42. The Morgan fingerprint density at radius 1 is 1.16 bits per heavy atom. The molecular weight excluding hydrogens is 325 g/mol. The third-order valence-electron chi connectivity index (χ3n) is 3.40. The first-order valence-electron chi connectivity index (χ1n) is 7.46. The van der Waals surface area contributed by atoms with E-state index in [9.17, 15) is 14.0 Å². The zero-order chi connectivity index (χ0) is 17.8. The van der Waals surface area contributed by atoms with E-state index in [2.05, 4.69) is 20.7 Å². The van der Waals surface area contributed by atoms with Crippen LogP contribution in [0.15, 0.2) is 48.5 Å². The molecule has 0 aliphatic heterocycles. The number of anilines is 1. The van der Waals surface area contributed by atoms with Gasteiger partial charge in [0.1, 0.15) is 12.4 Å². The van der Waals surface area contributed by atoms with Crippen LogP contribution in [0.2, 0.25) is 0 Å². The van der Waals surface area contributed by atoms with Crippen molar-refractivity contribution in [2.24, 2.45) is 0 Å². The molecule has 3 rings (SSSR count). The monoisotopic (exact) mass is 339 g/mol. The fourth-order valence-corrected chi connectivity index (χ4v) is 2.27. The minimum atomic E-state index is -0.410. The topological polar surface area (TPSA) is 89.8 Å². The van der Waals surface area contributed by atoms with Crippen molar-refractivity contribution in [2.45, 2.75) is 13.5 Å². The molecule has 0 saturated carbocycles. The van der Waals surface area contributed by atoms with Crippen molar-refractivity contribution in [3.05, 3.63) is 59.9 Å². The third-order valence-corrected chi connectivity index (χ3v) is 3.40. The number of amides is 1. The van der Waals surface area contributed by atoms with Gasteiger partial charge in [-0.3, -0.25) is 9.59 Å². The molecule has 25 heavy (non-hydrogen) atoms. The molecule has 3 aromatic rings. The number of Topliss-reactive ketones (excluding diaryl/α,β-unsaturated/α-hetero) is 1. The molecule has 0 aliphatic rings. The first-order chi connectivity index (χ1) is 12.0. The molecule has 0 radical (unpaired) electrons. The van der Waals surface area contributed by atoms with Crippen molar-refractivity contribution in [3.8, 4) is 11.4 Å². The van der Waals surface area contributed by atoms with E-state index in [-0.39, 0.29) is 18.2 Å². The summed E-state index contributed by atoms with van der Waals surface area (Å²) in [5, 5.41) is 14.3.